The highest BCUT2D eigenvalue weighted by molar-refractivity contribution is 6.04. The molecule has 0 aliphatic carbocycles. The van der Waals surface area contributed by atoms with Gasteiger partial charge in [0.2, 0.25) is 5.91 Å². The minimum atomic E-state index is -0.847. The van der Waals surface area contributed by atoms with Gasteiger partial charge in [-0.1, -0.05) is 24.3 Å². The summed E-state index contributed by atoms with van der Waals surface area (Å²) in [5.41, 5.74) is 8.64. The van der Waals surface area contributed by atoms with E-state index >= 15 is 0 Å². The summed E-state index contributed by atoms with van der Waals surface area (Å²) in [6.45, 7) is 0.393. The van der Waals surface area contributed by atoms with Gasteiger partial charge < -0.3 is 16.4 Å². The lowest BCUT2D eigenvalue weighted by Crippen LogP contribution is -2.35. The molecule has 1 unspecified atom stereocenters. The van der Waals surface area contributed by atoms with E-state index in [0.29, 0.717) is 29.8 Å². The van der Waals surface area contributed by atoms with Crippen LogP contribution in [-0.2, 0) is 11.2 Å². The van der Waals surface area contributed by atoms with E-state index in [1.807, 2.05) is 0 Å². The van der Waals surface area contributed by atoms with Gasteiger partial charge >= 0.3 is 0 Å². The molecule has 1 atom stereocenters. The molecular weight excluding hydrogens is 371 g/mol. The van der Waals surface area contributed by atoms with E-state index in [2.05, 4.69) is 15.6 Å². The Morgan fingerprint density at radius 2 is 1.62 bits per heavy atom. The zero-order valence-corrected chi connectivity index (χ0v) is 15.6. The van der Waals surface area contributed by atoms with Crippen LogP contribution in [0.3, 0.4) is 0 Å². The van der Waals surface area contributed by atoms with Gasteiger partial charge in [-0.3, -0.25) is 14.6 Å². The Hall–Kier alpha value is -3.58. The maximum atomic E-state index is 12.9. The van der Waals surface area contributed by atoms with Crippen LogP contribution < -0.4 is 16.4 Å². The van der Waals surface area contributed by atoms with Crippen molar-refractivity contribution in [3.05, 3.63) is 95.6 Å². The van der Waals surface area contributed by atoms with Crippen LogP contribution in [0.25, 0.3) is 0 Å². The number of nitrogens with one attached hydrogen (secondary N) is 2. The van der Waals surface area contributed by atoms with Crippen molar-refractivity contribution in [2.45, 2.75) is 12.5 Å². The van der Waals surface area contributed by atoms with Gasteiger partial charge in [0.1, 0.15) is 11.9 Å². The van der Waals surface area contributed by atoms with Gasteiger partial charge in [0.25, 0.3) is 5.91 Å². The van der Waals surface area contributed by atoms with Crippen molar-refractivity contribution in [3.63, 3.8) is 0 Å². The zero-order chi connectivity index (χ0) is 20.6. The maximum Gasteiger partial charge on any atom is 0.255 e. The largest absolute Gasteiger partial charge is 0.354 e. The van der Waals surface area contributed by atoms with Crippen LogP contribution >= 0.6 is 0 Å². The lowest BCUT2D eigenvalue weighted by molar-refractivity contribution is -0.122. The van der Waals surface area contributed by atoms with E-state index < -0.39 is 6.04 Å². The van der Waals surface area contributed by atoms with Crippen molar-refractivity contribution in [2.24, 2.45) is 5.73 Å². The van der Waals surface area contributed by atoms with Crippen molar-refractivity contribution in [2.75, 3.05) is 11.9 Å². The Bertz CT molecular complexity index is 960. The predicted molar refractivity (Wildman–Crippen MR) is 109 cm³/mol. The number of carbonyl (C=O) groups is 2. The molecule has 0 saturated heterocycles. The van der Waals surface area contributed by atoms with E-state index in [0.717, 1.165) is 5.56 Å². The third kappa shape index (κ3) is 5.70. The molecule has 0 aliphatic heterocycles. The summed E-state index contributed by atoms with van der Waals surface area (Å²) in [5.74, 6) is -0.876. The van der Waals surface area contributed by atoms with Crippen LogP contribution in [0.1, 0.15) is 27.5 Å². The molecule has 1 aromatic heterocycles. The van der Waals surface area contributed by atoms with Gasteiger partial charge in [-0.05, 0) is 53.9 Å². The fourth-order valence-corrected chi connectivity index (χ4v) is 2.72. The zero-order valence-electron chi connectivity index (χ0n) is 15.6. The molecular formula is C22H21FN4O2. The highest BCUT2D eigenvalue weighted by atomic mass is 19.1. The predicted octanol–water partition coefficient (Wildman–Crippen LogP) is 2.83. The second-order valence-corrected chi connectivity index (χ2v) is 6.46. The summed E-state index contributed by atoms with van der Waals surface area (Å²) in [5, 5.41) is 5.53. The number of carbonyl (C=O) groups excluding carboxylic acids is 2. The summed E-state index contributed by atoms with van der Waals surface area (Å²) in [7, 11) is 0. The number of anilines is 1. The number of halogens is 1. The lowest BCUT2D eigenvalue weighted by Gasteiger charge is -2.13. The Morgan fingerprint density at radius 3 is 2.28 bits per heavy atom. The van der Waals surface area contributed by atoms with E-state index in [4.69, 9.17) is 5.73 Å². The summed E-state index contributed by atoms with van der Waals surface area (Å²) < 4.78 is 12.9. The minimum absolute atomic E-state index is 0.264. The standard InChI is InChI=1S/C22H21FN4O2/c23-18-7-1-15(2-8-18)9-14-26-22(29)20(24)16-3-5-17(6-4-16)21(28)27-19-10-12-25-13-11-19/h1-8,10-13,20H,9,14,24H2,(H,26,29)(H,25,27,28). The number of nitrogens with two attached hydrogens (primary N) is 1. The number of benzene rings is 2. The Balaban J connectivity index is 1.52. The second-order valence-electron chi connectivity index (χ2n) is 6.46. The van der Waals surface area contributed by atoms with Crippen LogP contribution in [-0.4, -0.2) is 23.3 Å². The van der Waals surface area contributed by atoms with Crippen LogP contribution in [0.15, 0.2) is 73.1 Å². The molecule has 0 saturated carbocycles. The summed E-state index contributed by atoms with van der Waals surface area (Å²) >= 11 is 0. The first-order chi connectivity index (χ1) is 14.0. The summed E-state index contributed by atoms with van der Waals surface area (Å²) in [4.78, 5) is 28.4. The first-order valence-electron chi connectivity index (χ1n) is 9.12. The topological polar surface area (TPSA) is 97.1 Å². The Labute approximate surface area is 168 Å². The molecule has 29 heavy (non-hydrogen) atoms. The molecule has 0 radical (unpaired) electrons. The second kappa shape index (κ2) is 9.57. The molecule has 2 aromatic carbocycles. The first kappa shape index (κ1) is 20.2. The maximum absolute atomic E-state index is 12.9. The van der Waals surface area contributed by atoms with Gasteiger partial charge in [0, 0.05) is 30.2 Å². The van der Waals surface area contributed by atoms with Gasteiger partial charge in [0.15, 0.2) is 0 Å². The molecule has 3 rings (SSSR count). The number of hydrogen-bond acceptors (Lipinski definition) is 4. The average molecular weight is 392 g/mol. The Morgan fingerprint density at radius 1 is 0.966 bits per heavy atom. The fourth-order valence-electron chi connectivity index (χ4n) is 2.72. The molecule has 6 nitrogen and oxygen atoms in total. The molecule has 148 valence electrons. The highest BCUT2D eigenvalue weighted by Gasteiger charge is 2.16. The van der Waals surface area contributed by atoms with E-state index in [1.165, 1.54) is 12.1 Å². The third-order valence-electron chi connectivity index (χ3n) is 4.38. The number of rotatable bonds is 7. The van der Waals surface area contributed by atoms with E-state index in [9.17, 15) is 14.0 Å². The summed E-state index contributed by atoms with van der Waals surface area (Å²) in [6, 6.07) is 15.2. The monoisotopic (exact) mass is 392 g/mol. The van der Waals surface area contributed by atoms with Gasteiger partial charge in [-0.2, -0.15) is 0 Å². The van der Waals surface area contributed by atoms with Crippen LogP contribution in [0.5, 0.6) is 0 Å². The smallest absolute Gasteiger partial charge is 0.255 e. The quantitative estimate of drug-likeness (QED) is 0.576. The molecule has 7 heteroatoms. The molecule has 3 aromatic rings. The van der Waals surface area contributed by atoms with Crippen molar-refractivity contribution in [1.29, 1.82) is 0 Å². The SMILES string of the molecule is NC(C(=O)NCCc1ccc(F)cc1)c1ccc(C(=O)Nc2ccncc2)cc1. The normalized spacial score (nSPS) is 11.5. The van der Waals surface area contributed by atoms with Gasteiger partial charge in [-0.15, -0.1) is 0 Å². The lowest BCUT2D eigenvalue weighted by atomic mass is 10.0. The van der Waals surface area contributed by atoms with Gasteiger partial charge in [0.05, 0.1) is 0 Å². The van der Waals surface area contributed by atoms with E-state index in [1.54, 1.807) is 60.9 Å². The number of hydrogen-bond donors (Lipinski definition) is 3. The molecule has 4 N–H and O–H groups in total. The van der Waals surface area contributed by atoms with Crippen molar-refractivity contribution in [3.8, 4) is 0 Å². The Kier molecular flexibility index (Phi) is 6.65. The molecule has 0 spiro atoms. The number of amides is 2. The number of pyridine rings is 1. The van der Waals surface area contributed by atoms with Crippen LogP contribution in [0.4, 0.5) is 10.1 Å². The van der Waals surface area contributed by atoms with Crippen LogP contribution in [0, 0.1) is 5.82 Å². The van der Waals surface area contributed by atoms with Crippen molar-refractivity contribution in [1.82, 2.24) is 10.3 Å². The van der Waals surface area contributed by atoms with E-state index in [-0.39, 0.29) is 17.6 Å². The molecule has 1 heterocycles. The average Bonchev–Trinajstić information content (AvgIpc) is 2.75. The molecule has 0 aliphatic rings. The molecule has 0 bridgehead atoms. The van der Waals surface area contributed by atoms with Crippen LogP contribution in [0.2, 0.25) is 0 Å². The summed E-state index contributed by atoms with van der Waals surface area (Å²) in [6.07, 6.45) is 3.76. The number of aromatic nitrogens is 1. The molecule has 0 fully saturated rings. The van der Waals surface area contributed by atoms with Gasteiger partial charge in [-0.25, -0.2) is 4.39 Å². The minimum Gasteiger partial charge on any atom is -0.354 e. The van der Waals surface area contributed by atoms with Crippen molar-refractivity contribution < 1.29 is 14.0 Å². The first-order valence-corrected chi connectivity index (χ1v) is 9.12. The number of nitrogens with zero attached hydrogens (tertiary/aromatic N) is 1. The highest BCUT2D eigenvalue weighted by Crippen LogP contribution is 2.14. The van der Waals surface area contributed by atoms with Crippen molar-refractivity contribution >= 4 is 17.5 Å². The third-order valence-corrected chi connectivity index (χ3v) is 4.38. The fraction of sp³-hybridized carbons (Fsp3) is 0.136. The molecule has 2 amide bonds.